The van der Waals surface area contributed by atoms with E-state index < -0.39 is 10.0 Å². The standard InChI is InChI=1S/C18H15Cl3N4O3S/c1-11(26)22-13-3-5-14(6-4-13)29(27,28)24-18-17(21)10-25(23-18)9-12-2-7-15(19)16(20)8-12/h2-8,10H,9H2,1H3,(H,22,26)(H,23,24). The average Bonchev–Trinajstić information content (AvgIpc) is 2.96. The Morgan fingerprint density at radius 3 is 2.34 bits per heavy atom. The van der Waals surface area contributed by atoms with Crippen molar-refractivity contribution in [2.45, 2.75) is 18.4 Å². The molecule has 1 heterocycles. The number of carbonyl (C=O) groups excluding carboxylic acids is 1. The van der Waals surface area contributed by atoms with E-state index in [2.05, 4.69) is 15.1 Å². The minimum absolute atomic E-state index is 0.00158. The normalized spacial score (nSPS) is 11.3. The van der Waals surface area contributed by atoms with Crippen LogP contribution < -0.4 is 10.0 Å². The molecule has 7 nitrogen and oxygen atoms in total. The Hall–Kier alpha value is -2.26. The smallest absolute Gasteiger partial charge is 0.263 e. The van der Waals surface area contributed by atoms with Crippen molar-refractivity contribution in [1.82, 2.24) is 9.78 Å². The van der Waals surface area contributed by atoms with Crippen LogP contribution in [0.25, 0.3) is 0 Å². The van der Waals surface area contributed by atoms with Crippen LogP contribution in [0, 0.1) is 0 Å². The maximum atomic E-state index is 12.6. The Bertz CT molecular complexity index is 1160. The second-order valence-electron chi connectivity index (χ2n) is 6.08. The summed E-state index contributed by atoms with van der Waals surface area (Å²) in [5.41, 5.74) is 1.31. The van der Waals surface area contributed by atoms with Gasteiger partial charge in [0, 0.05) is 18.8 Å². The molecule has 0 aliphatic heterocycles. The number of aromatic nitrogens is 2. The number of halogens is 3. The number of rotatable bonds is 6. The first kappa shape index (κ1) is 21.4. The van der Waals surface area contributed by atoms with Crippen molar-refractivity contribution in [3.63, 3.8) is 0 Å². The van der Waals surface area contributed by atoms with Crippen molar-refractivity contribution in [2.75, 3.05) is 10.0 Å². The molecule has 11 heteroatoms. The molecule has 0 fully saturated rings. The molecule has 1 aromatic heterocycles. The van der Waals surface area contributed by atoms with Gasteiger partial charge in [-0.25, -0.2) is 8.42 Å². The van der Waals surface area contributed by atoms with Crippen LogP contribution in [0.15, 0.2) is 53.6 Å². The number of nitrogens with zero attached hydrogens (tertiary/aromatic N) is 2. The number of amides is 1. The molecule has 0 saturated heterocycles. The number of hydrogen-bond donors (Lipinski definition) is 2. The van der Waals surface area contributed by atoms with Crippen LogP contribution in [0.1, 0.15) is 12.5 Å². The van der Waals surface area contributed by atoms with Gasteiger partial charge in [0.25, 0.3) is 10.0 Å². The first-order valence-electron chi connectivity index (χ1n) is 8.21. The molecule has 0 radical (unpaired) electrons. The minimum atomic E-state index is -3.91. The van der Waals surface area contributed by atoms with Crippen LogP contribution in [-0.4, -0.2) is 24.1 Å². The van der Waals surface area contributed by atoms with Gasteiger partial charge in [0.2, 0.25) is 5.91 Å². The van der Waals surface area contributed by atoms with Crippen LogP contribution in [0.3, 0.4) is 0 Å². The van der Waals surface area contributed by atoms with Crippen LogP contribution in [0.2, 0.25) is 15.1 Å². The van der Waals surface area contributed by atoms with Gasteiger partial charge in [0.1, 0.15) is 5.02 Å². The number of anilines is 2. The fraction of sp³-hybridized carbons (Fsp3) is 0.111. The zero-order valence-corrected chi connectivity index (χ0v) is 18.1. The molecule has 2 aromatic carbocycles. The highest BCUT2D eigenvalue weighted by molar-refractivity contribution is 7.92. The van der Waals surface area contributed by atoms with Gasteiger partial charge in [-0.05, 0) is 42.0 Å². The molecule has 0 spiro atoms. The molecule has 0 aliphatic carbocycles. The molecule has 0 saturated carbocycles. The predicted octanol–water partition coefficient (Wildman–Crippen LogP) is 4.65. The topological polar surface area (TPSA) is 93.1 Å². The second kappa shape index (κ2) is 8.62. The number of hydrogen-bond acceptors (Lipinski definition) is 4. The zero-order valence-electron chi connectivity index (χ0n) is 15.0. The third-order valence-corrected chi connectivity index (χ3v) is 6.13. The highest BCUT2D eigenvalue weighted by atomic mass is 35.5. The van der Waals surface area contributed by atoms with E-state index >= 15 is 0 Å². The monoisotopic (exact) mass is 472 g/mol. The molecule has 0 aliphatic rings. The number of carbonyl (C=O) groups is 1. The molecule has 152 valence electrons. The van der Waals surface area contributed by atoms with Gasteiger partial charge >= 0.3 is 0 Å². The van der Waals surface area contributed by atoms with Crippen molar-refractivity contribution in [1.29, 1.82) is 0 Å². The molecule has 3 rings (SSSR count). The van der Waals surface area contributed by atoms with Crippen LogP contribution in [-0.2, 0) is 21.4 Å². The molecular weight excluding hydrogens is 459 g/mol. The first-order chi connectivity index (χ1) is 13.6. The molecule has 3 aromatic rings. The lowest BCUT2D eigenvalue weighted by Gasteiger charge is -2.08. The maximum Gasteiger partial charge on any atom is 0.263 e. The van der Waals surface area contributed by atoms with Crippen LogP contribution >= 0.6 is 34.8 Å². The summed E-state index contributed by atoms with van der Waals surface area (Å²) in [7, 11) is -3.91. The molecule has 2 N–H and O–H groups in total. The summed E-state index contributed by atoms with van der Waals surface area (Å²) in [5, 5.41) is 7.74. The Labute approximate surface area is 182 Å². The van der Waals surface area contributed by atoms with Crippen molar-refractivity contribution in [3.8, 4) is 0 Å². The van der Waals surface area contributed by atoms with E-state index in [-0.39, 0.29) is 21.6 Å². The van der Waals surface area contributed by atoms with Crippen molar-refractivity contribution in [2.24, 2.45) is 0 Å². The van der Waals surface area contributed by atoms with Gasteiger partial charge in [-0.2, -0.15) is 5.10 Å². The Morgan fingerprint density at radius 1 is 1.03 bits per heavy atom. The van der Waals surface area contributed by atoms with Gasteiger partial charge in [-0.1, -0.05) is 40.9 Å². The molecular formula is C18H15Cl3N4O3S. The molecule has 0 bridgehead atoms. The average molecular weight is 474 g/mol. The lowest BCUT2D eigenvalue weighted by atomic mass is 10.2. The highest BCUT2D eigenvalue weighted by Gasteiger charge is 2.18. The summed E-state index contributed by atoms with van der Waals surface area (Å²) in [6.07, 6.45) is 1.50. The predicted molar refractivity (Wildman–Crippen MR) is 114 cm³/mol. The zero-order chi connectivity index (χ0) is 21.2. The van der Waals surface area contributed by atoms with E-state index in [0.29, 0.717) is 22.3 Å². The third-order valence-electron chi connectivity index (χ3n) is 3.76. The van der Waals surface area contributed by atoms with Gasteiger partial charge in [-0.15, -0.1) is 0 Å². The molecule has 0 atom stereocenters. The van der Waals surface area contributed by atoms with Gasteiger partial charge in [0.15, 0.2) is 5.82 Å². The Morgan fingerprint density at radius 2 is 1.72 bits per heavy atom. The largest absolute Gasteiger partial charge is 0.326 e. The molecule has 29 heavy (non-hydrogen) atoms. The van der Waals surface area contributed by atoms with Crippen molar-refractivity contribution in [3.05, 3.63) is 69.3 Å². The summed E-state index contributed by atoms with van der Waals surface area (Å²) in [5.74, 6) is -0.254. The van der Waals surface area contributed by atoms with E-state index in [9.17, 15) is 13.2 Å². The summed E-state index contributed by atoms with van der Waals surface area (Å²) >= 11 is 18.1. The maximum absolute atomic E-state index is 12.6. The van der Waals surface area contributed by atoms with Crippen LogP contribution in [0.5, 0.6) is 0 Å². The van der Waals surface area contributed by atoms with E-state index in [4.69, 9.17) is 34.8 Å². The number of benzene rings is 2. The van der Waals surface area contributed by atoms with Gasteiger partial charge in [-0.3, -0.25) is 14.2 Å². The van der Waals surface area contributed by atoms with Crippen molar-refractivity contribution < 1.29 is 13.2 Å². The quantitative estimate of drug-likeness (QED) is 0.545. The Balaban J connectivity index is 1.77. The third kappa shape index (κ3) is 5.42. The number of sulfonamides is 1. The molecule has 1 amide bonds. The summed E-state index contributed by atoms with van der Waals surface area (Å²) in [4.78, 5) is 11.1. The first-order valence-corrected chi connectivity index (χ1v) is 10.8. The summed E-state index contributed by atoms with van der Waals surface area (Å²) in [6.45, 7) is 1.69. The summed E-state index contributed by atoms with van der Waals surface area (Å²) in [6, 6.07) is 10.9. The summed E-state index contributed by atoms with van der Waals surface area (Å²) < 4.78 is 29.0. The van der Waals surface area contributed by atoms with E-state index in [1.807, 2.05) is 0 Å². The Kier molecular flexibility index (Phi) is 6.38. The molecule has 0 unspecified atom stereocenters. The second-order valence-corrected chi connectivity index (χ2v) is 8.99. The minimum Gasteiger partial charge on any atom is -0.326 e. The SMILES string of the molecule is CC(=O)Nc1ccc(S(=O)(=O)Nc2nn(Cc3ccc(Cl)c(Cl)c3)cc2Cl)cc1. The lowest BCUT2D eigenvalue weighted by molar-refractivity contribution is -0.114. The van der Waals surface area contributed by atoms with Gasteiger partial charge in [0.05, 0.1) is 21.5 Å². The van der Waals surface area contributed by atoms with E-state index in [1.54, 1.807) is 18.2 Å². The highest BCUT2D eigenvalue weighted by Crippen LogP contribution is 2.26. The van der Waals surface area contributed by atoms with Crippen molar-refractivity contribution >= 4 is 62.2 Å². The lowest BCUT2D eigenvalue weighted by Crippen LogP contribution is -2.14. The fourth-order valence-corrected chi connectivity index (χ4v) is 4.07. The number of nitrogens with one attached hydrogen (secondary N) is 2. The fourth-order valence-electron chi connectivity index (χ4n) is 2.48. The van der Waals surface area contributed by atoms with E-state index in [0.717, 1.165) is 5.56 Å². The van der Waals surface area contributed by atoms with E-state index in [1.165, 1.54) is 42.1 Å². The van der Waals surface area contributed by atoms with Crippen LogP contribution in [0.4, 0.5) is 11.5 Å². The van der Waals surface area contributed by atoms with Gasteiger partial charge < -0.3 is 5.32 Å².